The molecule has 0 unspecified atom stereocenters. The molecule has 1 amide bonds. The van der Waals surface area contributed by atoms with E-state index in [1.807, 2.05) is 6.92 Å². The van der Waals surface area contributed by atoms with Crippen molar-refractivity contribution < 1.29 is 17.9 Å². The van der Waals surface area contributed by atoms with Gasteiger partial charge in [0.05, 0.1) is 22.3 Å². The van der Waals surface area contributed by atoms with Crippen LogP contribution in [0.5, 0.6) is 0 Å². The molecule has 1 heterocycles. The number of amides is 1. The monoisotopic (exact) mass is 339 g/mol. The lowest BCUT2D eigenvalue weighted by Gasteiger charge is -2.17. The topological polar surface area (TPSA) is 72.5 Å². The molecule has 0 saturated carbocycles. The van der Waals surface area contributed by atoms with Crippen molar-refractivity contribution in [3.63, 3.8) is 0 Å². The molecule has 2 rings (SSSR count). The highest BCUT2D eigenvalue weighted by Crippen LogP contribution is 2.19. The second kappa shape index (κ2) is 7.93. The third-order valence-electron chi connectivity index (χ3n) is 4.17. The van der Waals surface area contributed by atoms with Crippen molar-refractivity contribution >= 4 is 15.7 Å². The number of benzene rings is 1. The minimum atomic E-state index is -3.42. The normalized spacial score (nSPS) is 19.5. The van der Waals surface area contributed by atoms with Gasteiger partial charge in [-0.25, -0.2) is 8.42 Å². The molecule has 0 aliphatic carbocycles. The molecule has 1 aliphatic heterocycles. The summed E-state index contributed by atoms with van der Waals surface area (Å²) in [6.45, 7) is 4.34. The first-order chi connectivity index (χ1) is 10.9. The summed E-state index contributed by atoms with van der Waals surface area (Å²) in [5.41, 5.74) is 0.221. The van der Waals surface area contributed by atoms with E-state index in [0.717, 1.165) is 32.3 Å². The zero-order chi connectivity index (χ0) is 16.9. The number of nitrogens with one attached hydrogen (secondary N) is 1. The largest absolute Gasteiger partial charge is 0.378 e. The van der Waals surface area contributed by atoms with Crippen molar-refractivity contribution in [2.24, 2.45) is 0 Å². The maximum atomic E-state index is 12.4. The van der Waals surface area contributed by atoms with Crippen LogP contribution in [0.1, 0.15) is 49.9 Å². The highest BCUT2D eigenvalue weighted by atomic mass is 32.2. The van der Waals surface area contributed by atoms with Crippen LogP contribution in [-0.2, 0) is 14.6 Å². The first-order valence-electron chi connectivity index (χ1n) is 8.18. The highest BCUT2D eigenvalue weighted by Gasteiger charge is 2.22. The van der Waals surface area contributed by atoms with E-state index in [9.17, 15) is 13.2 Å². The summed E-state index contributed by atoms with van der Waals surface area (Å²) in [6, 6.07) is 6.35. The van der Waals surface area contributed by atoms with E-state index in [-0.39, 0.29) is 28.2 Å². The second-order valence-corrected chi connectivity index (χ2v) is 8.23. The van der Waals surface area contributed by atoms with Crippen LogP contribution in [0.2, 0.25) is 0 Å². The minimum Gasteiger partial charge on any atom is -0.378 e. The standard InChI is InChI=1S/C17H25NO4S/c1-3-23(20,21)16-9-5-4-8-15(16)17(19)18-13(2)10-11-14-7-6-12-22-14/h4-5,8-9,13-14H,3,6-7,10-12H2,1-2H3,(H,18,19)/t13-,14+/m1/s1. The summed E-state index contributed by atoms with van der Waals surface area (Å²) in [7, 11) is -3.42. The molecule has 0 radical (unpaired) electrons. The Morgan fingerprint density at radius 1 is 1.39 bits per heavy atom. The van der Waals surface area contributed by atoms with Gasteiger partial charge in [-0.1, -0.05) is 19.1 Å². The predicted molar refractivity (Wildman–Crippen MR) is 89.3 cm³/mol. The van der Waals surface area contributed by atoms with Gasteiger partial charge in [0, 0.05) is 12.6 Å². The number of carbonyl (C=O) groups excluding carboxylic acids is 1. The molecule has 1 N–H and O–H groups in total. The molecule has 1 saturated heterocycles. The highest BCUT2D eigenvalue weighted by molar-refractivity contribution is 7.91. The van der Waals surface area contributed by atoms with Crippen LogP contribution in [0.4, 0.5) is 0 Å². The van der Waals surface area contributed by atoms with Crippen LogP contribution < -0.4 is 5.32 Å². The molecular weight excluding hydrogens is 314 g/mol. The zero-order valence-electron chi connectivity index (χ0n) is 13.7. The summed E-state index contributed by atoms with van der Waals surface area (Å²) in [5.74, 6) is -0.358. The minimum absolute atomic E-state index is 0.0220. The van der Waals surface area contributed by atoms with Crippen molar-refractivity contribution in [3.8, 4) is 0 Å². The SMILES string of the molecule is CCS(=O)(=O)c1ccccc1C(=O)N[C@H](C)CC[C@@H]1CCCO1. The van der Waals surface area contributed by atoms with E-state index < -0.39 is 9.84 Å². The molecule has 0 aromatic heterocycles. The predicted octanol–water partition coefficient (Wildman–Crippen LogP) is 2.56. The van der Waals surface area contributed by atoms with Gasteiger partial charge in [0.2, 0.25) is 0 Å². The van der Waals surface area contributed by atoms with Crippen molar-refractivity contribution in [1.29, 1.82) is 0 Å². The van der Waals surface area contributed by atoms with E-state index in [4.69, 9.17) is 4.74 Å². The van der Waals surface area contributed by atoms with Gasteiger partial charge in [-0.05, 0) is 44.7 Å². The van der Waals surface area contributed by atoms with Gasteiger partial charge in [-0.3, -0.25) is 4.79 Å². The van der Waals surface area contributed by atoms with Gasteiger partial charge in [0.15, 0.2) is 9.84 Å². The van der Waals surface area contributed by atoms with Gasteiger partial charge in [0.1, 0.15) is 0 Å². The van der Waals surface area contributed by atoms with Crippen molar-refractivity contribution in [2.75, 3.05) is 12.4 Å². The van der Waals surface area contributed by atoms with Crippen LogP contribution in [0, 0.1) is 0 Å². The van der Waals surface area contributed by atoms with Gasteiger partial charge in [-0.15, -0.1) is 0 Å². The Bertz CT molecular complexity index is 636. The van der Waals surface area contributed by atoms with E-state index in [1.54, 1.807) is 25.1 Å². The van der Waals surface area contributed by atoms with Crippen LogP contribution >= 0.6 is 0 Å². The maximum absolute atomic E-state index is 12.4. The molecule has 1 aromatic rings. The average Bonchev–Trinajstić information content (AvgIpc) is 3.06. The smallest absolute Gasteiger partial charge is 0.252 e. The Morgan fingerprint density at radius 2 is 2.13 bits per heavy atom. The fourth-order valence-electron chi connectivity index (χ4n) is 2.76. The Balaban J connectivity index is 2.00. The number of carbonyl (C=O) groups is 1. The van der Waals surface area contributed by atoms with Crippen LogP contribution in [0.3, 0.4) is 0 Å². The third-order valence-corrected chi connectivity index (χ3v) is 5.96. The zero-order valence-corrected chi connectivity index (χ0v) is 14.6. The van der Waals surface area contributed by atoms with E-state index in [1.165, 1.54) is 6.07 Å². The van der Waals surface area contributed by atoms with Crippen LogP contribution in [0.15, 0.2) is 29.2 Å². The molecule has 23 heavy (non-hydrogen) atoms. The lowest BCUT2D eigenvalue weighted by molar-refractivity contribution is 0.0897. The van der Waals surface area contributed by atoms with Crippen molar-refractivity contribution in [2.45, 2.75) is 56.6 Å². The van der Waals surface area contributed by atoms with Crippen LogP contribution in [0.25, 0.3) is 0 Å². The molecule has 0 bridgehead atoms. The molecule has 128 valence electrons. The summed E-state index contributed by atoms with van der Waals surface area (Å²) < 4.78 is 29.8. The van der Waals surface area contributed by atoms with Gasteiger partial charge in [-0.2, -0.15) is 0 Å². The number of hydrogen-bond acceptors (Lipinski definition) is 4. The number of sulfone groups is 1. The summed E-state index contributed by atoms with van der Waals surface area (Å²) in [4.78, 5) is 12.5. The molecular formula is C17H25NO4S. The molecule has 1 aromatic carbocycles. The molecule has 5 nitrogen and oxygen atoms in total. The lowest BCUT2D eigenvalue weighted by Crippen LogP contribution is -2.34. The van der Waals surface area contributed by atoms with Gasteiger partial charge >= 0.3 is 0 Å². The van der Waals surface area contributed by atoms with Crippen molar-refractivity contribution in [3.05, 3.63) is 29.8 Å². The molecule has 0 spiro atoms. The van der Waals surface area contributed by atoms with Gasteiger partial charge in [0.25, 0.3) is 5.91 Å². The molecule has 1 fully saturated rings. The number of hydrogen-bond donors (Lipinski definition) is 1. The fraction of sp³-hybridized carbons (Fsp3) is 0.588. The fourth-order valence-corrected chi connectivity index (χ4v) is 3.86. The Labute approximate surface area is 138 Å². The Morgan fingerprint density at radius 3 is 2.78 bits per heavy atom. The summed E-state index contributed by atoms with van der Waals surface area (Å²) in [6.07, 6.45) is 4.21. The number of ether oxygens (including phenoxy) is 1. The maximum Gasteiger partial charge on any atom is 0.252 e. The first kappa shape index (κ1) is 17.9. The molecule has 6 heteroatoms. The summed E-state index contributed by atoms with van der Waals surface area (Å²) in [5, 5.41) is 2.90. The molecule has 2 atom stereocenters. The quantitative estimate of drug-likeness (QED) is 0.828. The van der Waals surface area contributed by atoms with Crippen LogP contribution in [-0.4, -0.2) is 38.8 Å². The van der Waals surface area contributed by atoms with Gasteiger partial charge < -0.3 is 10.1 Å². The third kappa shape index (κ3) is 4.78. The summed E-state index contributed by atoms with van der Waals surface area (Å²) >= 11 is 0. The Kier molecular flexibility index (Phi) is 6.18. The van der Waals surface area contributed by atoms with Crippen molar-refractivity contribution in [1.82, 2.24) is 5.32 Å². The average molecular weight is 339 g/mol. The Hall–Kier alpha value is -1.40. The van der Waals surface area contributed by atoms with E-state index >= 15 is 0 Å². The lowest BCUT2D eigenvalue weighted by atomic mass is 10.1. The van der Waals surface area contributed by atoms with E-state index in [2.05, 4.69) is 5.32 Å². The van der Waals surface area contributed by atoms with E-state index in [0.29, 0.717) is 6.10 Å². The first-order valence-corrected chi connectivity index (χ1v) is 9.83. The second-order valence-electron chi connectivity index (χ2n) is 5.99. The number of rotatable bonds is 7. The molecule has 1 aliphatic rings.